The summed E-state index contributed by atoms with van der Waals surface area (Å²) in [6, 6.07) is 5.77. The lowest BCUT2D eigenvalue weighted by Crippen LogP contribution is -2.42. The fourth-order valence-corrected chi connectivity index (χ4v) is 4.16. The Hall–Kier alpha value is -1.75. The number of thiophene rings is 1. The van der Waals surface area contributed by atoms with E-state index >= 15 is 0 Å². The van der Waals surface area contributed by atoms with E-state index in [-0.39, 0.29) is 11.4 Å². The van der Waals surface area contributed by atoms with Crippen LogP contribution in [0.25, 0.3) is 10.1 Å². The minimum atomic E-state index is -0.0935. The number of nitrogens with zero attached hydrogens (tertiary/aromatic N) is 1. The van der Waals surface area contributed by atoms with Crippen LogP contribution >= 0.6 is 11.3 Å². The van der Waals surface area contributed by atoms with Gasteiger partial charge in [-0.3, -0.25) is 4.79 Å². The summed E-state index contributed by atoms with van der Waals surface area (Å²) in [7, 11) is 1.62. The van der Waals surface area contributed by atoms with E-state index in [0.717, 1.165) is 35.2 Å². The molecule has 4 nitrogen and oxygen atoms in total. The van der Waals surface area contributed by atoms with Gasteiger partial charge in [-0.25, -0.2) is 0 Å². The van der Waals surface area contributed by atoms with E-state index in [4.69, 9.17) is 10.5 Å². The summed E-state index contributed by atoms with van der Waals surface area (Å²) >= 11 is 1.45. The average molecular weight is 304 g/mol. The fraction of sp³-hybridized carbons (Fsp3) is 0.438. The Morgan fingerprint density at radius 2 is 2.19 bits per heavy atom. The quantitative estimate of drug-likeness (QED) is 0.923. The predicted octanol–water partition coefficient (Wildman–Crippen LogP) is 3.51. The first-order valence-corrected chi connectivity index (χ1v) is 7.94. The lowest BCUT2D eigenvalue weighted by atomic mass is 10.0. The number of benzene rings is 1. The van der Waals surface area contributed by atoms with E-state index in [9.17, 15) is 4.79 Å². The van der Waals surface area contributed by atoms with Gasteiger partial charge >= 0.3 is 0 Å². The van der Waals surface area contributed by atoms with Crippen LogP contribution in [-0.4, -0.2) is 30.0 Å². The zero-order valence-corrected chi connectivity index (χ0v) is 13.4. The highest BCUT2D eigenvalue weighted by Gasteiger charge is 2.37. The predicted molar refractivity (Wildman–Crippen MR) is 87.1 cm³/mol. The van der Waals surface area contributed by atoms with Crippen LogP contribution in [0.5, 0.6) is 5.75 Å². The first-order chi connectivity index (χ1) is 9.95. The van der Waals surface area contributed by atoms with Crippen LogP contribution in [0.15, 0.2) is 18.2 Å². The number of hydrogen-bond acceptors (Lipinski definition) is 4. The van der Waals surface area contributed by atoms with E-state index in [2.05, 4.69) is 13.8 Å². The van der Waals surface area contributed by atoms with Gasteiger partial charge in [-0.2, -0.15) is 0 Å². The second-order valence-corrected chi connectivity index (χ2v) is 7.10. The molecule has 2 N–H and O–H groups in total. The highest BCUT2D eigenvalue weighted by Crippen LogP contribution is 2.41. The van der Waals surface area contributed by atoms with Crippen LogP contribution in [0.4, 0.5) is 5.69 Å². The smallest absolute Gasteiger partial charge is 0.266 e. The van der Waals surface area contributed by atoms with Gasteiger partial charge in [0.2, 0.25) is 0 Å². The van der Waals surface area contributed by atoms with Crippen LogP contribution in [-0.2, 0) is 0 Å². The molecule has 1 fully saturated rings. The minimum Gasteiger partial charge on any atom is -0.496 e. The lowest BCUT2D eigenvalue weighted by molar-refractivity contribution is 0.0658. The molecule has 0 aliphatic carbocycles. The Morgan fingerprint density at radius 3 is 2.81 bits per heavy atom. The maximum absolute atomic E-state index is 12.9. The van der Waals surface area contributed by atoms with E-state index in [1.54, 1.807) is 7.11 Å². The molecular weight excluding hydrogens is 284 g/mol. The number of likely N-dealkylation sites (tertiary alicyclic amines) is 1. The van der Waals surface area contributed by atoms with Crippen molar-refractivity contribution in [2.24, 2.45) is 0 Å². The number of rotatable bonds is 2. The van der Waals surface area contributed by atoms with Gasteiger partial charge in [-0.05, 0) is 38.8 Å². The van der Waals surface area contributed by atoms with Crippen molar-refractivity contribution in [3.8, 4) is 5.75 Å². The molecule has 0 spiro atoms. The number of methoxy groups -OCH3 is 1. The molecule has 1 saturated heterocycles. The molecule has 1 aliphatic heterocycles. The number of carbonyl (C=O) groups excluding carboxylic acids is 1. The number of ether oxygens (including phenoxy) is 1. The van der Waals surface area contributed by atoms with E-state index in [0.29, 0.717) is 10.6 Å². The van der Waals surface area contributed by atoms with Crippen molar-refractivity contribution in [1.82, 2.24) is 4.90 Å². The highest BCUT2D eigenvalue weighted by molar-refractivity contribution is 7.21. The molecule has 2 heterocycles. The fourth-order valence-electron chi connectivity index (χ4n) is 3.08. The van der Waals surface area contributed by atoms with Crippen LogP contribution in [0.2, 0.25) is 0 Å². The minimum absolute atomic E-state index is 0.0400. The van der Waals surface area contributed by atoms with Crippen molar-refractivity contribution in [2.75, 3.05) is 19.4 Å². The Kier molecular flexibility index (Phi) is 3.32. The van der Waals surface area contributed by atoms with Crippen molar-refractivity contribution >= 4 is 33.0 Å². The molecule has 3 rings (SSSR count). The Labute approximate surface area is 128 Å². The number of nitrogens with two attached hydrogens (primary N) is 1. The van der Waals surface area contributed by atoms with Gasteiger partial charge in [0.1, 0.15) is 10.6 Å². The van der Waals surface area contributed by atoms with Crippen molar-refractivity contribution < 1.29 is 9.53 Å². The SMILES string of the molecule is COc1cccc2sc(C(=O)N3CCCC3(C)C)c(N)c12. The van der Waals surface area contributed by atoms with Gasteiger partial charge in [-0.1, -0.05) is 6.07 Å². The second-order valence-electron chi connectivity index (χ2n) is 6.05. The summed E-state index contributed by atoms with van der Waals surface area (Å²) in [6.07, 6.45) is 2.08. The highest BCUT2D eigenvalue weighted by atomic mass is 32.1. The third-order valence-corrected chi connectivity index (χ3v) is 5.43. The van der Waals surface area contributed by atoms with Crippen molar-refractivity contribution in [3.63, 3.8) is 0 Å². The maximum Gasteiger partial charge on any atom is 0.266 e. The Balaban J connectivity index is 2.09. The normalized spacial score (nSPS) is 17.4. The molecule has 2 aromatic rings. The summed E-state index contributed by atoms with van der Waals surface area (Å²) < 4.78 is 6.36. The van der Waals surface area contributed by atoms with Crippen molar-refractivity contribution in [3.05, 3.63) is 23.1 Å². The first-order valence-electron chi connectivity index (χ1n) is 7.12. The molecule has 0 radical (unpaired) electrons. The Morgan fingerprint density at radius 1 is 1.43 bits per heavy atom. The number of carbonyl (C=O) groups is 1. The molecule has 5 heteroatoms. The monoisotopic (exact) mass is 304 g/mol. The van der Waals surface area contributed by atoms with Gasteiger partial charge in [0.25, 0.3) is 5.91 Å². The van der Waals surface area contributed by atoms with E-state index in [1.807, 2.05) is 23.1 Å². The summed E-state index contributed by atoms with van der Waals surface area (Å²) in [6.45, 7) is 5.03. The zero-order chi connectivity index (χ0) is 15.2. The summed E-state index contributed by atoms with van der Waals surface area (Å²) in [5, 5.41) is 0.852. The van der Waals surface area contributed by atoms with E-state index < -0.39 is 0 Å². The third kappa shape index (κ3) is 2.16. The van der Waals surface area contributed by atoms with Crippen LogP contribution in [0.1, 0.15) is 36.4 Å². The third-order valence-electron chi connectivity index (χ3n) is 4.27. The molecule has 0 atom stereocenters. The summed E-state index contributed by atoms with van der Waals surface area (Å²) in [5.41, 5.74) is 6.70. The van der Waals surface area contributed by atoms with E-state index in [1.165, 1.54) is 11.3 Å². The summed E-state index contributed by atoms with van der Waals surface area (Å²) in [4.78, 5) is 15.4. The molecule has 0 unspecified atom stereocenters. The van der Waals surface area contributed by atoms with Gasteiger partial charge < -0.3 is 15.4 Å². The van der Waals surface area contributed by atoms with Gasteiger partial charge in [0.15, 0.2) is 0 Å². The second kappa shape index (κ2) is 4.91. The van der Waals surface area contributed by atoms with Gasteiger partial charge in [-0.15, -0.1) is 11.3 Å². The molecular formula is C16H20N2O2S. The molecule has 1 aromatic heterocycles. The van der Waals surface area contributed by atoms with Gasteiger partial charge in [0, 0.05) is 16.8 Å². The topological polar surface area (TPSA) is 55.6 Å². The van der Waals surface area contributed by atoms with Gasteiger partial charge in [0.05, 0.1) is 18.2 Å². The van der Waals surface area contributed by atoms with Crippen molar-refractivity contribution in [2.45, 2.75) is 32.2 Å². The molecule has 1 amide bonds. The number of nitrogen functional groups attached to an aromatic ring is 1. The molecule has 112 valence electrons. The maximum atomic E-state index is 12.9. The van der Waals surface area contributed by atoms with Crippen LogP contribution < -0.4 is 10.5 Å². The zero-order valence-electron chi connectivity index (χ0n) is 12.6. The number of anilines is 1. The first kappa shape index (κ1) is 14.2. The number of hydrogen-bond donors (Lipinski definition) is 1. The number of amides is 1. The lowest BCUT2D eigenvalue weighted by Gasteiger charge is -2.31. The Bertz CT molecular complexity index is 706. The largest absolute Gasteiger partial charge is 0.496 e. The molecule has 1 aliphatic rings. The number of fused-ring (bicyclic) bond motifs is 1. The average Bonchev–Trinajstić information content (AvgIpc) is 2.98. The van der Waals surface area contributed by atoms with Crippen LogP contribution in [0.3, 0.4) is 0 Å². The molecule has 0 bridgehead atoms. The molecule has 21 heavy (non-hydrogen) atoms. The molecule has 0 saturated carbocycles. The van der Waals surface area contributed by atoms with Crippen molar-refractivity contribution in [1.29, 1.82) is 0 Å². The molecule has 1 aromatic carbocycles. The standard InChI is InChI=1S/C16H20N2O2S/c1-16(2)8-5-9-18(16)15(19)14-13(17)12-10(20-3)6-4-7-11(12)21-14/h4,6-7H,5,8-9,17H2,1-3H3. The summed E-state index contributed by atoms with van der Waals surface area (Å²) in [5.74, 6) is 0.763. The van der Waals surface area contributed by atoms with Crippen LogP contribution in [0, 0.1) is 0 Å².